The van der Waals surface area contributed by atoms with Crippen LogP contribution in [0.1, 0.15) is 45.4 Å². The first-order valence-electron chi connectivity index (χ1n) is 5.69. The molecule has 2 heterocycles. The van der Waals surface area contributed by atoms with E-state index in [0.29, 0.717) is 0 Å². The molecule has 0 aromatic rings. The minimum absolute atomic E-state index is 0.975. The minimum atomic E-state index is 0.975. The average Bonchev–Trinajstić information content (AvgIpc) is 2.33. The van der Waals surface area contributed by atoms with Crippen LogP contribution in [0.2, 0.25) is 0 Å². The zero-order valence-corrected chi connectivity index (χ0v) is 8.39. The van der Waals surface area contributed by atoms with Gasteiger partial charge in [-0.3, -0.25) is 0 Å². The van der Waals surface area contributed by atoms with Crippen LogP contribution in [-0.4, -0.2) is 30.2 Å². The van der Waals surface area contributed by atoms with Gasteiger partial charge in [0.2, 0.25) is 0 Å². The highest BCUT2D eigenvalue weighted by atomic mass is 15.4. The van der Waals surface area contributed by atoms with Crippen molar-refractivity contribution in [2.24, 2.45) is 0 Å². The topological polar surface area (TPSA) is 0 Å². The quantitative estimate of drug-likeness (QED) is 0.488. The van der Waals surface area contributed by atoms with Crippen LogP contribution in [-0.2, 0) is 0 Å². The Bertz CT molecular complexity index is 145. The third-order valence-electron chi connectivity index (χ3n) is 4.12. The van der Waals surface area contributed by atoms with Gasteiger partial charge in [-0.15, -0.1) is 0 Å². The lowest BCUT2D eigenvalue weighted by Crippen LogP contribution is -2.50. The zero-order valence-electron chi connectivity index (χ0n) is 8.39. The van der Waals surface area contributed by atoms with Crippen LogP contribution in [0.25, 0.3) is 0 Å². The van der Waals surface area contributed by atoms with Crippen molar-refractivity contribution in [1.82, 2.24) is 0 Å². The summed E-state index contributed by atoms with van der Waals surface area (Å²) in [6.45, 7) is 6.93. The van der Waals surface area contributed by atoms with Crippen LogP contribution in [0.3, 0.4) is 0 Å². The minimum Gasteiger partial charge on any atom is -0.321 e. The molecule has 0 bridgehead atoms. The molecule has 2 rings (SSSR count). The van der Waals surface area contributed by atoms with Gasteiger partial charge in [0, 0.05) is 12.8 Å². The largest absolute Gasteiger partial charge is 0.321 e. The van der Waals surface area contributed by atoms with Crippen molar-refractivity contribution in [2.75, 3.05) is 19.6 Å². The summed E-state index contributed by atoms with van der Waals surface area (Å²) in [5, 5.41) is 0. The summed E-state index contributed by atoms with van der Waals surface area (Å²) in [4.78, 5) is 0. The first kappa shape index (κ1) is 8.55. The highest BCUT2D eigenvalue weighted by Gasteiger charge is 2.38. The van der Waals surface area contributed by atoms with Crippen molar-refractivity contribution < 1.29 is 4.48 Å². The van der Waals surface area contributed by atoms with Crippen LogP contribution in [0.5, 0.6) is 0 Å². The molecule has 0 N–H and O–H groups in total. The van der Waals surface area contributed by atoms with Gasteiger partial charge in [-0.25, -0.2) is 0 Å². The predicted octanol–water partition coefficient (Wildman–Crippen LogP) is 2.56. The van der Waals surface area contributed by atoms with Gasteiger partial charge in [-0.05, 0) is 32.6 Å². The van der Waals surface area contributed by atoms with Gasteiger partial charge in [-0.1, -0.05) is 0 Å². The molecule has 70 valence electrons. The molecule has 1 spiro atoms. The number of rotatable bonds is 0. The summed E-state index contributed by atoms with van der Waals surface area (Å²) < 4.78 is 1.49. The lowest BCUT2D eigenvalue weighted by molar-refractivity contribution is -0.936. The fourth-order valence-electron chi connectivity index (χ4n) is 3.18. The van der Waals surface area contributed by atoms with Gasteiger partial charge in [0.05, 0.1) is 25.7 Å². The lowest BCUT2D eigenvalue weighted by atomic mass is 10.2. The molecule has 0 saturated carbocycles. The maximum atomic E-state index is 2.47. The highest BCUT2D eigenvalue weighted by molar-refractivity contribution is 4.66. The van der Waals surface area contributed by atoms with Gasteiger partial charge in [-0.2, -0.15) is 0 Å². The molecular formula is C11H22N+. The van der Waals surface area contributed by atoms with E-state index < -0.39 is 0 Å². The van der Waals surface area contributed by atoms with Crippen LogP contribution in [0.4, 0.5) is 0 Å². The van der Waals surface area contributed by atoms with Crippen molar-refractivity contribution in [3.05, 3.63) is 0 Å². The summed E-state index contributed by atoms with van der Waals surface area (Å²) >= 11 is 0. The van der Waals surface area contributed by atoms with Crippen molar-refractivity contribution in [3.63, 3.8) is 0 Å². The van der Waals surface area contributed by atoms with E-state index in [1.54, 1.807) is 0 Å². The molecule has 12 heavy (non-hydrogen) atoms. The van der Waals surface area contributed by atoms with E-state index in [1.807, 2.05) is 0 Å². The number of nitrogens with zero attached hydrogens (tertiary/aromatic N) is 1. The first-order chi connectivity index (χ1) is 5.83. The molecular weight excluding hydrogens is 146 g/mol. The van der Waals surface area contributed by atoms with E-state index in [1.165, 1.54) is 62.6 Å². The molecule has 2 fully saturated rings. The van der Waals surface area contributed by atoms with Crippen molar-refractivity contribution in [2.45, 2.75) is 51.5 Å². The van der Waals surface area contributed by atoms with Crippen molar-refractivity contribution in [1.29, 1.82) is 0 Å². The van der Waals surface area contributed by atoms with Gasteiger partial charge >= 0.3 is 0 Å². The fourth-order valence-corrected chi connectivity index (χ4v) is 3.18. The van der Waals surface area contributed by atoms with Crippen molar-refractivity contribution in [3.8, 4) is 0 Å². The summed E-state index contributed by atoms with van der Waals surface area (Å²) in [5.41, 5.74) is 0. The maximum absolute atomic E-state index is 2.47. The molecule has 1 nitrogen and oxygen atoms in total. The Hall–Kier alpha value is -0.0400. The number of hydrogen-bond donors (Lipinski definition) is 0. The molecule has 2 saturated heterocycles. The standard InChI is InChI=1S/C11H22N/c1-11-7-6-10-12(11)8-4-2-3-5-9-12/h11H,2-10H2,1H3/q+1. The van der Waals surface area contributed by atoms with Crippen molar-refractivity contribution >= 4 is 0 Å². The van der Waals surface area contributed by atoms with E-state index in [2.05, 4.69) is 6.92 Å². The second-order valence-corrected chi connectivity index (χ2v) is 4.79. The van der Waals surface area contributed by atoms with Gasteiger partial charge in [0.25, 0.3) is 0 Å². The van der Waals surface area contributed by atoms with E-state index in [0.717, 1.165) is 6.04 Å². The highest BCUT2D eigenvalue weighted by Crippen LogP contribution is 2.30. The third kappa shape index (κ3) is 1.39. The SMILES string of the molecule is CC1CCC[N+]12CCCCCC2. The molecule has 2 aliphatic rings. The molecule has 1 unspecified atom stereocenters. The summed E-state index contributed by atoms with van der Waals surface area (Å²) in [6, 6.07) is 0.975. The Morgan fingerprint density at radius 2 is 1.42 bits per heavy atom. The van der Waals surface area contributed by atoms with Crippen LogP contribution in [0, 0.1) is 0 Å². The van der Waals surface area contributed by atoms with Crippen LogP contribution < -0.4 is 0 Å². The van der Waals surface area contributed by atoms with Crippen LogP contribution >= 0.6 is 0 Å². The smallest absolute Gasteiger partial charge is 0.0864 e. The zero-order chi connectivity index (χ0) is 8.44. The maximum Gasteiger partial charge on any atom is 0.0864 e. The molecule has 0 aromatic carbocycles. The second-order valence-electron chi connectivity index (χ2n) is 4.79. The normalized spacial score (nSPS) is 35.2. The average molecular weight is 168 g/mol. The Kier molecular flexibility index (Phi) is 2.40. The van der Waals surface area contributed by atoms with E-state index in [9.17, 15) is 0 Å². The van der Waals surface area contributed by atoms with E-state index in [-0.39, 0.29) is 0 Å². The summed E-state index contributed by atoms with van der Waals surface area (Å²) in [5.74, 6) is 0. The molecule has 1 atom stereocenters. The first-order valence-corrected chi connectivity index (χ1v) is 5.69. The third-order valence-corrected chi connectivity index (χ3v) is 4.12. The van der Waals surface area contributed by atoms with Gasteiger partial charge in [0.1, 0.15) is 0 Å². The Morgan fingerprint density at radius 3 is 1.92 bits per heavy atom. The number of quaternary nitrogens is 1. The molecule has 0 amide bonds. The predicted molar refractivity (Wildman–Crippen MR) is 52.0 cm³/mol. The molecule has 0 aromatic heterocycles. The molecule has 1 heteroatoms. The van der Waals surface area contributed by atoms with E-state index in [4.69, 9.17) is 0 Å². The second kappa shape index (κ2) is 3.37. The lowest BCUT2D eigenvalue weighted by Gasteiger charge is -2.37. The monoisotopic (exact) mass is 168 g/mol. The fraction of sp³-hybridized carbons (Fsp3) is 1.00. The van der Waals surface area contributed by atoms with Crippen LogP contribution in [0.15, 0.2) is 0 Å². The van der Waals surface area contributed by atoms with Gasteiger partial charge in [0.15, 0.2) is 0 Å². The number of hydrogen-bond acceptors (Lipinski definition) is 0. The van der Waals surface area contributed by atoms with Gasteiger partial charge < -0.3 is 4.48 Å². The molecule has 0 radical (unpaired) electrons. The molecule has 0 aliphatic carbocycles. The Morgan fingerprint density at radius 1 is 0.833 bits per heavy atom. The summed E-state index contributed by atoms with van der Waals surface area (Å²) in [7, 11) is 0. The van der Waals surface area contributed by atoms with E-state index >= 15 is 0 Å². The summed E-state index contributed by atoms with van der Waals surface area (Å²) in [6.07, 6.45) is 8.94. The Balaban J connectivity index is 2.05. The Labute approximate surface area is 76.3 Å². The molecule has 2 aliphatic heterocycles.